The van der Waals surface area contributed by atoms with Crippen molar-refractivity contribution in [1.29, 1.82) is 0 Å². The lowest BCUT2D eigenvalue weighted by molar-refractivity contribution is 0.0821. The number of phenolic OH excluding ortho intramolecular Hbond substituents is 1. The number of phenols is 1. The van der Waals surface area contributed by atoms with Gasteiger partial charge in [-0.15, -0.1) is 0 Å². The number of aromatic nitrogens is 4. The topological polar surface area (TPSA) is 152 Å². The maximum absolute atomic E-state index is 15.2. The number of benzene rings is 2. The van der Waals surface area contributed by atoms with Gasteiger partial charge >= 0.3 is 6.01 Å². The van der Waals surface area contributed by atoms with E-state index >= 15 is 4.39 Å². The van der Waals surface area contributed by atoms with E-state index in [1.54, 1.807) is 32.3 Å². The second-order valence-corrected chi connectivity index (χ2v) is 18.2. The van der Waals surface area contributed by atoms with Crippen LogP contribution in [0.5, 0.6) is 11.8 Å². The third-order valence-corrected chi connectivity index (χ3v) is 13.8. The van der Waals surface area contributed by atoms with Gasteiger partial charge in [-0.2, -0.15) is 27.8 Å². The van der Waals surface area contributed by atoms with Crippen LogP contribution < -0.4 is 19.3 Å². The molecule has 2 saturated heterocycles. The van der Waals surface area contributed by atoms with E-state index in [2.05, 4.69) is 24.5 Å². The number of rotatable bonds is 11. The summed E-state index contributed by atoms with van der Waals surface area (Å²) in [6.45, 7) is 6.39. The van der Waals surface area contributed by atoms with Gasteiger partial charge in [-0.3, -0.25) is 14.4 Å². The van der Waals surface area contributed by atoms with Crippen molar-refractivity contribution in [3.05, 3.63) is 64.4 Å². The summed E-state index contributed by atoms with van der Waals surface area (Å²) in [7, 11) is 2.94. The molecule has 4 aliphatic rings. The van der Waals surface area contributed by atoms with Crippen LogP contribution >= 0.6 is 0 Å². The zero-order valence-corrected chi connectivity index (χ0v) is 34.3. The minimum absolute atomic E-state index is 0.0561. The quantitative estimate of drug-likeness (QED) is 0.229. The molecule has 4 aliphatic heterocycles. The number of hydrogen-bond acceptors (Lipinski definition) is 11. The lowest BCUT2D eigenvalue weighted by Gasteiger charge is -2.36. The van der Waals surface area contributed by atoms with Crippen molar-refractivity contribution in [2.75, 3.05) is 70.8 Å². The standard InChI is InChI=1S/C40H53FN10O5S/c1-6-30-32(41)10-9-26-19-29(52)21-35(36(26)30)48-18-12-31-34(24-48)43-39(44-37(31)49-15-8-17-51-28(23-49)20-33(45-51)38(53)46(2)3)56-25-40-13-7-16-50(40)27(11-14-40)22-42-57(54,55)47(4)5/h9-10,19-21,27,42,52H,6-8,11-18,22-25H2,1-5H3/t27-,40+/m0/s1. The summed E-state index contributed by atoms with van der Waals surface area (Å²) in [6, 6.07) is 8.77. The third kappa shape index (κ3) is 7.38. The summed E-state index contributed by atoms with van der Waals surface area (Å²) < 4.78 is 52.8. The number of fused-ring (bicyclic) bond motifs is 4. The second kappa shape index (κ2) is 15.3. The number of hydrogen-bond donors (Lipinski definition) is 2. The molecule has 8 rings (SSSR count). The molecular weight excluding hydrogens is 752 g/mol. The van der Waals surface area contributed by atoms with Crippen LogP contribution in [-0.2, 0) is 42.7 Å². The van der Waals surface area contributed by atoms with Crippen LogP contribution in [0.2, 0.25) is 0 Å². The maximum atomic E-state index is 15.2. The normalized spacial score (nSPS) is 21.1. The predicted molar refractivity (Wildman–Crippen MR) is 215 cm³/mol. The van der Waals surface area contributed by atoms with Crippen molar-refractivity contribution >= 4 is 38.4 Å². The monoisotopic (exact) mass is 804 g/mol. The van der Waals surface area contributed by atoms with Gasteiger partial charge in [0, 0.05) is 83.1 Å². The summed E-state index contributed by atoms with van der Waals surface area (Å²) in [5, 5.41) is 17.0. The fourth-order valence-electron chi connectivity index (χ4n) is 9.33. The number of nitrogens with zero attached hydrogens (tertiary/aromatic N) is 9. The number of carbonyl (C=O) groups excluding carboxylic acids is 1. The molecule has 15 nitrogen and oxygen atoms in total. The van der Waals surface area contributed by atoms with Crippen LogP contribution in [0, 0.1) is 5.82 Å². The molecule has 306 valence electrons. The van der Waals surface area contributed by atoms with E-state index < -0.39 is 10.2 Å². The number of aryl methyl sites for hydroxylation is 2. The van der Waals surface area contributed by atoms with Crippen molar-refractivity contribution in [3.8, 4) is 11.8 Å². The van der Waals surface area contributed by atoms with E-state index in [9.17, 15) is 18.3 Å². The van der Waals surface area contributed by atoms with Gasteiger partial charge in [0.15, 0.2) is 5.69 Å². The molecule has 57 heavy (non-hydrogen) atoms. The van der Waals surface area contributed by atoms with Crippen LogP contribution in [0.4, 0.5) is 15.9 Å². The molecule has 2 aromatic heterocycles. The van der Waals surface area contributed by atoms with Crippen LogP contribution in [-0.4, -0.2) is 126 Å². The number of halogens is 1. The minimum atomic E-state index is -3.55. The van der Waals surface area contributed by atoms with E-state index in [0.29, 0.717) is 70.0 Å². The van der Waals surface area contributed by atoms with Gasteiger partial charge in [0.1, 0.15) is 24.0 Å². The first kappa shape index (κ1) is 39.3. The smallest absolute Gasteiger partial charge is 0.318 e. The average Bonchev–Trinajstić information content (AvgIpc) is 3.84. The van der Waals surface area contributed by atoms with Gasteiger partial charge in [-0.05, 0) is 80.6 Å². The van der Waals surface area contributed by atoms with Crippen LogP contribution in [0.25, 0.3) is 10.8 Å². The molecule has 4 aromatic rings. The molecule has 1 amide bonds. The zero-order chi connectivity index (χ0) is 40.2. The zero-order valence-electron chi connectivity index (χ0n) is 33.5. The molecule has 2 aromatic carbocycles. The fraction of sp³-hybridized carbons (Fsp3) is 0.550. The lowest BCUT2D eigenvalue weighted by atomic mass is 9.95. The second-order valence-electron chi connectivity index (χ2n) is 16.2. The Balaban J connectivity index is 1.13. The number of amides is 1. The molecule has 2 fully saturated rings. The molecular formula is C40H53FN10O5S. The van der Waals surface area contributed by atoms with E-state index in [1.807, 2.05) is 17.7 Å². The van der Waals surface area contributed by atoms with Crippen LogP contribution in [0.3, 0.4) is 0 Å². The Labute approximate surface area is 333 Å². The molecule has 0 aliphatic carbocycles. The molecule has 0 radical (unpaired) electrons. The summed E-state index contributed by atoms with van der Waals surface area (Å²) in [4.78, 5) is 31.4. The lowest BCUT2D eigenvalue weighted by Crippen LogP contribution is -2.50. The fourth-order valence-corrected chi connectivity index (χ4v) is 9.99. The van der Waals surface area contributed by atoms with Gasteiger partial charge in [-0.1, -0.05) is 13.0 Å². The number of nitrogens with one attached hydrogen (secondary N) is 1. The summed E-state index contributed by atoms with van der Waals surface area (Å²) in [5.74, 6) is 0.485. The van der Waals surface area contributed by atoms with Crippen molar-refractivity contribution < 1.29 is 27.4 Å². The first-order valence-electron chi connectivity index (χ1n) is 20.0. The molecule has 0 spiro atoms. The molecule has 17 heteroatoms. The highest BCUT2D eigenvalue weighted by atomic mass is 32.2. The number of carbonyl (C=O) groups is 1. The van der Waals surface area contributed by atoms with Gasteiger partial charge in [0.25, 0.3) is 16.1 Å². The highest BCUT2D eigenvalue weighted by Crippen LogP contribution is 2.43. The van der Waals surface area contributed by atoms with E-state index in [-0.39, 0.29) is 35.1 Å². The Morgan fingerprint density at radius 1 is 1.04 bits per heavy atom. The Hall–Kier alpha value is -4.58. The van der Waals surface area contributed by atoms with Crippen molar-refractivity contribution in [2.45, 2.75) is 83.1 Å². The number of ether oxygens (including phenoxy) is 1. The molecule has 6 heterocycles. The van der Waals surface area contributed by atoms with Crippen LogP contribution in [0.1, 0.15) is 72.0 Å². The maximum Gasteiger partial charge on any atom is 0.318 e. The molecule has 2 atom stereocenters. The number of anilines is 2. The Bertz CT molecular complexity index is 2300. The molecule has 0 bridgehead atoms. The Kier molecular flexibility index (Phi) is 10.5. The first-order valence-corrected chi connectivity index (χ1v) is 21.4. The average molecular weight is 805 g/mol. The highest BCUT2D eigenvalue weighted by molar-refractivity contribution is 7.87. The van der Waals surface area contributed by atoms with Crippen molar-refractivity contribution in [2.24, 2.45) is 0 Å². The third-order valence-electron chi connectivity index (χ3n) is 12.3. The minimum Gasteiger partial charge on any atom is -0.508 e. The van der Waals surface area contributed by atoms with Gasteiger partial charge in [0.05, 0.1) is 30.0 Å². The van der Waals surface area contributed by atoms with E-state index in [1.165, 1.54) is 29.4 Å². The van der Waals surface area contributed by atoms with Gasteiger partial charge in [0.2, 0.25) is 0 Å². The molecule has 0 unspecified atom stereocenters. The van der Waals surface area contributed by atoms with E-state index in [0.717, 1.165) is 77.9 Å². The van der Waals surface area contributed by atoms with Crippen molar-refractivity contribution in [1.82, 2.24) is 38.6 Å². The van der Waals surface area contributed by atoms with E-state index in [4.69, 9.17) is 14.7 Å². The number of aromatic hydroxyl groups is 1. The Morgan fingerprint density at radius 2 is 1.86 bits per heavy atom. The van der Waals surface area contributed by atoms with Gasteiger partial charge < -0.3 is 24.5 Å². The SMILES string of the molecule is CCc1c(F)ccc2cc(O)cc(N3CCc4c(nc(OC[C@]56CCCN5[C@H](CNS(=O)(=O)N(C)C)CC6)nc4N4CCCn5nc(C(=O)N(C)C)cc5C4)C3)c12. The largest absolute Gasteiger partial charge is 0.508 e. The van der Waals surface area contributed by atoms with Crippen LogP contribution in [0.15, 0.2) is 30.3 Å². The Morgan fingerprint density at radius 3 is 2.63 bits per heavy atom. The van der Waals surface area contributed by atoms with Gasteiger partial charge in [-0.25, -0.2) is 9.11 Å². The van der Waals surface area contributed by atoms with Crippen molar-refractivity contribution in [3.63, 3.8) is 0 Å². The summed E-state index contributed by atoms with van der Waals surface area (Å²) in [6.07, 6.45) is 5.55. The molecule has 2 N–H and O–H groups in total. The summed E-state index contributed by atoms with van der Waals surface area (Å²) in [5.41, 5.74) is 4.26. The summed E-state index contributed by atoms with van der Waals surface area (Å²) >= 11 is 0. The highest BCUT2D eigenvalue weighted by Gasteiger charge is 2.50. The molecule has 0 saturated carbocycles. The first-order chi connectivity index (χ1) is 27.3. The predicted octanol–water partition coefficient (Wildman–Crippen LogP) is 3.68.